The molecule has 0 radical (unpaired) electrons. The summed E-state index contributed by atoms with van der Waals surface area (Å²) in [6.45, 7) is 9.66. The topological polar surface area (TPSA) is 95.6 Å². The molecule has 0 aromatic heterocycles. The van der Waals surface area contributed by atoms with Crippen LogP contribution < -0.4 is 14.9 Å². The number of hydrogen-bond acceptors (Lipinski definition) is 4. The number of carbonyl (C=O) groups excluding carboxylic acids is 2. The minimum atomic E-state index is -4.10. The second kappa shape index (κ2) is 12.4. The molecule has 0 bridgehead atoms. The average Bonchev–Trinajstić information content (AvgIpc) is 2.93. The highest BCUT2D eigenvalue weighted by Gasteiger charge is 2.27. The first kappa shape index (κ1) is 30.8. The van der Waals surface area contributed by atoms with Gasteiger partial charge < -0.3 is 10.6 Å². The van der Waals surface area contributed by atoms with Crippen molar-refractivity contribution in [2.24, 2.45) is 0 Å². The molecule has 0 unspecified atom stereocenters. The molecule has 9 heteroatoms. The lowest BCUT2D eigenvalue weighted by Gasteiger charge is -2.25. The number of benzene rings is 4. The maximum atomic E-state index is 13.7. The van der Waals surface area contributed by atoms with Crippen LogP contribution in [0, 0.1) is 13.8 Å². The Kier molecular flexibility index (Phi) is 9.09. The summed E-state index contributed by atoms with van der Waals surface area (Å²) in [5.41, 5.74) is 4.75. The van der Waals surface area contributed by atoms with Crippen molar-refractivity contribution in [3.63, 3.8) is 0 Å². The minimum absolute atomic E-state index is 0.0122. The largest absolute Gasteiger partial charge is 0.324 e. The molecular formula is C33H34ClN3O4S. The third kappa shape index (κ3) is 7.38. The Hall–Kier alpha value is -4.14. The van der Waals surface area contributed by atoms with E-state index in [-0.39, 0.29) is 16.2 Å². The van der Waals surface area contributed by atoms with Crippen LogP contribution in [-0.4, -0.2) is 26.8 Å². The molecule has 0 fully saturated rings. The molecule has 42 heavy (non-hydrogen) atoms. The van der Waals surface area contributed by atoms with Gasteiger partial charge in [0.05, 0.1) is 10.6 Å². The number of nitrogens with one attached hydrogen (secondary N) is 2. The lowest BCUT2D eigenvalue weighted by Crippen LogP contribution is -2.38. The summed E-state index contributed by atoms with van der Waals surface area (Å²) in [6.07, 6.45) is 0. The second-order valence-corrected chi connectivity index (χ2v) is 13.4. The number of amides is 2. The molecule has 4 rings (SSSR count). The highest BCUT2D eigenvalue weighted by atomic mass is 35.5. The molecule has 2 N–H and O–H groups in total. The number of rotatable bonds is 8. The molecule has 7 nitrogen and oxygen atoms in total. The number of anilines is 3. The maximum Gasteiger partial charge on any atom is 0.264 e. The molecule has 0 spiro atoms. The zero-order chi connectivity index (χ0) is 30.7. The van der Waals surface area contributed by atoms with E-state index in [1.165, 1.54) is 24.3 Å². The Morgan fingerprint density at radius 1 is 0.786 bits per heavy atom. The van der Waals surface area contributed by atoms with Crippen LogP contribution in [0.5, 0.6) is 0 Å². The van der Waals surface area contributed by atoms with Gasteiger partial charge >= 0.3 is 0 Å². The van der Waals surface area contributed by atoms with Gasteiger partial charge in [-0.1, -0.05) is 56.6 Å². The van der Waals surface area contributed by atoms with Gasteiger partial charge in [-0.2, -0.15) is 0 Å². The molecule has 4 aromatic rings. The van der Waals surface area contributed by atoms with Crippen LogP contribution in [0.4, 0.5) is 17.1 Å². The van der Waals surface area contributed by atoms with E-state index in [9.17, 15) is 18.0 Å². The van der Waals surface area contributed by atoms with Crippen LogP contribution in [0.2, 0.25) is 5.02 Å². The Morgan fingerprint density at radius 3 is 2.00 bits per heavy atom. The average molecular weight is 604 g/mol. The van der Waals surface area contributed by atoms with Crippen molar-refractivity contribution in [3.8, 4) is 0 Å². The fourth-order valence-electron chi connectivity index (χ4n) is 4.26. The molecule has 0 aliphatic heterocycles. The molecule has 0 aliphatic rings. The van der Waals surface area contributed by atoms with Gasteiger partial charge in [-0.25, -0.2) is 8.42 Å². The standard InChI is InChI=1S/C33H34ClN3O4S/c1-22-9-16-29(19-23(22)2)37(42(40,41)30-17-14-26(34)15-18-30)21-31(38)35-27-7-6-8-28(20-27)36-32(39)24-10-12-25(13-11-24)33(3,4)5/h6-20H,21H2,1-5H3,(H,35,38)(H,36,39). The van der Waals surface area contributed by atoms with E-state index in [1.54, 1.807) is 48.5 Å². The quantitative estimate of drug-likeness (QED) is 0.220. The van der Waals surface area contributed by atoms with Gasteiger partial charge in [0.1, 0.15) is 6.54 Å². The van der Waals surface area contributed by atoms with E-state index in [4.69, 9.17) is 11.6 Å². The summed E-state index contributed by atoms with van der Waals surface area (Å²) in [7, 11) is -4.10. The van der Waals surface area contributed by atoms with Crippen molar-refractivity contribution in [2.75, 3.05) is 21.5 Å². The van der Waals surface area contributed by atoms with Crippen LogP contribution in [0.25, 0.3) is 0 Å². The number of hydrogen-bond donors (Lipinski definition) is 2. The Bertz CT molecular complexity index is 1710. The summed E-state index contributed by atoms with van der Waals surface area (Å²) >= 11 is 5.97. The highest BCUT2D eigenvalue weighted by molar-refractivity contribution is 7.92. The van der Waals surface area contributed by atoms with Gasteiger partial charge in [0.2, 0.25) is 5.91 Å². The van der Waals surface area contributed by atoms with Crippen molar-refractivity contribution >= 4 is 50.5 Å². The predicted molar refractivity (Wildman–Crippen MR) is 170 cm³/mol. The number of halogens is 1. The predicted octanol–water partition coefficient (Wildman–Crippen LogP) is 7.34. The first-order chi connectivity index (χ1) is 19.7. The maximum absolute atomic E-state index is 13.7. The highest BCUT2D eigenvalue weighted by Crippen LogP contribution is 2.27. The summed E-state index contributed by atoms with van der Waals surface area (Å²) in [5, 5.41) is 6.01. The Labute approximate surface area is 252 Å². The number of carbonyl (C=O) groups is 2. The van der Waals surface area contributed by atoms with Crippen LogP contribution in [0.3, 0.4) is 0 Å². The van der Waals surface area contributed by atoms with E-state index < -0.39 is 22.5 Å². The van der Waals surface area contributed by atoms with Crippen molar-refractivity contribution < 1.29 is 18.0 Å². The monoisotopic (exact) mass is 603 g/mol. The van der Waals surface area contributed by atoms with Crippen molar-refractivity contribution in [2.45, 2.75) is 44.9 Å². The molecule has 2 amide bonds. The van der Waals surface area contributed by atoms with Crippen LogP contribution >= 0.6 is 11.6 Å². The zero-order valence-corrected chi connectivity index (χ0v) is 25.8. The zero-order valence-electron chi connectivity index (χ0n) is 24.2. The first-order valence-corrected chi connectivity index (χ1v) is 15.2. The number of nitrogens with zero attached hydrogens (tertiary/aromatic N) is 1. The van der Waals surface area contributed by atoms with Crippen LogP contribution in [-0.2, 0) is 20.2 Å². The molecule has 0 saturated heterocycles. The molecular weight excluding hydrogens is 570 g/mol. The van der Waals surface area contributed by atoms with Gasteiger partial charge in [-0.15, -0.1) is 0 Å². The normalized spacial score (nSPS) is 11.6. The summed E-state index contributed by atoms with van der Waals surface area (Å²) in [5.74, 6) is -0.832. The summed E-state index contributed by atoms with van der Waals surface area (Å²) < 4.78 is 28.4. The van der Waals surface area contributed by atoms with Gasteiger partial charge in [-0.05, 0) is 103 Å². The van der Waals surface area contributed by atoms with Gasteiger partial charge in [-0.3, -0.25) is 13.9 Å². The summed E-state index contributed by atoms with van der Waals surface area (Å²) in [4.78, 5) is 26.1. The van der Waals surface area contributed by atoms with Crippen LogP contribution in [0.1, 0.15) is 47.8 Å². The van der Waals surface area contributed by atoms with E-state index in [2.05, 4.69) is 31.4 Å². The van der Waals surface area contributed by atoms with Crippen LogP contribution in [0.15, 0.2) is 95.9 Å². The molecule has 0 heterocycles. The Balaban J connectivity index is 1.53. The lowest BCUT2D eigenvalue weighted by molar-refractivity contribution is -0.114. The smallest absolute Gasteiger partial charge is 0.264 e. The van der Waals surface area contributed by atoms with Gasteiger partial charge in [0.25, 0.3) is 15.9 Å². The fourth-order valence-corrected chi connectivity index (χ4v) is 5.80. The summed E-state index contributed by atoms with van der Waals surface area (Å²) in [6, 6.07) is 25.2. The van der Waals surface area contributed by atoms with Crippen molar-refractivity contribution in [1.29, 1.82) is 0 Å². The fraction of sp³-hybridized carbons (Fsp3) is 0.212. The van der Waals surface area contributed by atoms with E-state index in [1.807, 2.05) is 32.0 Å². The number of aryl methyl sites for hydroxylation is 2. The van der Waals surface area contributed by atoms with Crippen molar-refractivity contribution in [1.82, 2.24) is 0 Å². The van der Waals surface area contributed by atoms with Crippen molar-refractivity contribution in [3.05, 3.63) is 118 Å². The first-order valence-electron chi connectivity index (χ1n) is 13.4. The van der Waals surface area contributed by atoms with E-state index in [0.29, 0.717) is 27.6 Å². The van der Waals surface area contributed by atoms with Gasteiger partial charge in [0.15, 0.2) is 0 Å². The third-order valence-electron chi connectivity index (χ3n) is 6.88. The molecule has 0 aliphatic carbocycles. The molecule has 0 saturated carbocycles. The Morgan fingerprint density at radius 2 is 1.40 bits per heavy atom. The van der Waals surface area contributed by atoms with E-state index in [0.717, 1.165) is 21.0 Å². The molecule has 218 valence electrons. The lowest BCUT2D eigenvalue weighted by atomic mass is 9.87. The SMILES string of the molecule is Cc1ccc(N(CC(=O)Nc2cccc(NC(=O)c3ccc(C(C)(C)C)cc3)c2)S(=O)(=O)c2ccc(Cl)cc2)cc1C. The minimum Gasteiger partial charge on any atom is -0.324 e. The van der Waals surface area contributed by atoms with Gasteiger partial charge in [0, 0.05) is 22.0 Å². The molecule has 4 aromatic carbocycles. The molecule has 0 atom stereocenters. The van der Waals surface area contributed by atoms with E-state index >= 15 is 0 Å². The third-order valence-corrected chi connectivity index (χ3v) is 8.92. The second-order valence-electron chi connectivity index (χ2n) is 11.1. The number of sulfonamides is 1.